The SMILES string of the molecule is COCCN(C(C)C1CC1)S(=O)(=O)CCCCCl. The number of nitrogens with zero attached hydrogens (tertiary/aromatic N) is 1. The number of methoxy groups -OCH3 is 1. The molecule has 0 aromatic rings. The van der Waals surface area contributed by atoms with Gasteiger partial charge >= 0.3 is 0 Å². The number of sulfonamides is 1. The van der Waals surface area contributed by atoms with E-state index in [1.165, 1.54) is 0 Å². The van der Waals surface area contributed by atoms with Gasteiger partial charge in [-0.25, -0.2) is 8.42 Å². The highest BCUT2D eigenvalue weighted by Gasteiger charge is 2.36. The fourth-order valence-corrected chi connectivity index (χ4v) is 4.11. The van der Waals surface area contributed by atoms with E-state index >= 15 is 0 Å². The molecular weight excluding hydrogens is 274 g/mol. The minimum Gasteiger partial charge on any atom is -0.383 e. The molecule has 0 aliphatic heterocycles. The van der Waals surface area contributed by atoms with Crippen LogP contribution in [-0.4, -0.2) is 50.7 Å². The smallest absolute Gasteiger partial charge is 0.214 e. The largest absolute Gasteiger partial charge is 0.383 e. The molecule has 1 atom stereocenters. The molecule has 1 aliphatic rings. The number of ether oxygens (including phenoxy) is 1. The first-order valence-electron chi connectivity index (χ1n) is 6.57. The van der Waals surface area contributed by atoms with Gasteiger partial charge in [0.25, 0.3) is 0 Å². The van der Waals surface area contributed by atoms with E-state index in [4.69, 9.17) is 16.3 Å². The minimum atomic E-state index is -3.18. The molecule has 1 unspecified atom stereocenters. The van der Waals surface area contributed by atoms with E-state index in [9.17, 15) is 8.42 Å². The van der Waals surface area contributed by atoms with Gasteiger partial charge in [0.15, 0.2) is 0 Å². The van der Waals surface area contributed by atoms with Crippen LogP contribution in [0.3, 0.4) is 0 Å². The lowest BCUT2D eigenvalue weighted by Crippen LogP contribution is -2.43. The average Bonchev–Trinajstić information content (AvgIpc) is 3.13. The highest BCUT2D eigenvalue weighted by atomic mass is 35.5. The van der Waals surface area contributed by atoms with Gasteiger partial charge in [-0.3, -0.25) is 0 Å². The van der Waals surface area contributed by atoms with E-state index in [1.54, 1.807) is 11.4 Å². The van der Waals surface area contributed by atoms with Crippen molar-refractivity contribution in [3.8, 4) is 0 Å². The molecular formula is C12H24ClNO3S. The fraction of sp³-hybridized carbons (Fsp3) is 1.00. The molecule has 0 saturated heterocycles. The Bertz CT molecular complexity index is 330. The van der Waals surface area contributed by atoms with E-state index in [-0.39, 0.29) is 11.8 Å². The molecule has 0 aromatic heterocycles. The summed E-state index contributed by atoms with van der Waals surface area (Å²) in [5.74, 6) is 1.25. The van der Waals surface area contributed by atoms with Crippen molar-refractivity contribution in [2.45, 2.75) is 38.6 Å². The van der Waals surface area contributed by atoms with Gasteiger partial charge in [0, 0.05) is 25.6 Å². The summed E-state index contributed by atoms with van der Waals surface area (Å²) in [7, 11) is -1.58. The third-order valence-electron chi connectivity index (χ3n) is 3.42. The maximum absolute atomic E-state index is 12.3. The lowest BCUT2D eigenvalue weighted by Gasteiger charge is -2.28. The van der Waals surface area contributed by atoms with Gasteiger partial charge in [-0.05, 0) is 38.5 Å². The predicted molar refractivity (Wildman–Crippen MR) is 74.5 cm³/mol. The van der Waals surface area contributed by atoms with Crippen LogP contribution in [0, 0.1) is 5.92 Å². The van der Waals surface area contributed by atoms with Crippen molar-refractivity contribution in [1.82, 2.24) is 4.31 Å². The third-order valence-corrected chi connectivity index (χ3v) is 5.72. The van der Waals surface area contributed by atoms with Crippen LogP contribution in [0.25, 0.3) is 0 Å². The van der Waals surface area contributed by atoms with E-state index in [0.717, 1.165) is 19.3 Å². The van der Waals surface area contributed by atoms with Gasteiger partial charge in [0.2, 0.25) is 10.0 Å². The second kappa shape index (κ2) is 7.68. The van der Waals surface area contributed by atoms with Crippen LogP contribution in [0.15, 0.2) is 0 Å². The Labute approximate surface area is 116 Å². The predicted octanol–water partition coefficient (Wildman–Crippen LogP) is 2.08. The Morgan fingerprint density at radius 3 is 2.56 bits per heavy atom. The summed E-state index contributed by atoms with van der Waals surface area (Å²) in [6.45, 7) is 2.91. The normalized spacial score (nSPS) is 18.2. The van der Waals surface area contributed by atoms with Crippen molar-refractivity contribution in [2.24, 2.45) is 5.92 Å². The highest BCUT2D eigenvalue weighted by molar-refractivity contribution is 7.89. The molecule has 0 N–H and O–H groups in total. The van der Waals surface area contributed by atoms with Crippen LogP contribution < -0.4 is 0 Å². The lowest BCUT2D eigenvalue weighted by molar-refractivity contribution is 0.164. The quantitative estimate of drug-likeness (QED) is 0.458. The zero-order valence-electron chi connectivity index (χ0n) is 11.3. The molecule has 1 fully saturated rings. The monoisotopic (exact) mass is 297 g/mol. The Kier molecular flexibility index (Phi) is 6.92. The third kappa shape index (κ3) is 5.03. The molecule has 0 amide bonds. The molecule has 0 spiro atoms. The summed E-state index contributed by atoms with van der Waals surface area (Å²) < 4.78 is 31.3. The Morgan fingerprint density at radius 2 is 2.06 bits per heavy atom. The summed E-state index contributed by atoms with van der Waals surface area (Å²) >= 11 is 5.59. The average molecular weight is 298 g/mol. The molecule has 0 radical (unpaired) electrons. The first kappa shape index (κ1) is 16.2. The number of unbranched alkanes of at least 4 members (excludes halogenated alkanes) is 1. The number of alkyl halides is 1. The Balaban J connectivity index is 2.60. The number of halogens is 1. The molecule has 1 saturated carbocycles. The van der Waals surface area contributed by atoms with Crippen molar-refractivity contribution in [2.75, 3.05) is 31.9 Å². The first-order chi connectivity index (χ1) is 8.53. The molecule has 18 heavy (non-hydrogen) atoms. The second-order valence-electron chi connectivity index (χ2n) is 4.89. The van der Waals surface area contributed by atoms with Crippen LogP contribution in [0.5, 0.6) is 0 Å². The van der Waals surface area contributed by atoms with Gasteiger partial charge in [-0.15, -0.1) is 11.6 Å². The van der Waals surface area contributed by atoms with Crippen LogP contribution in [0.2, 0.25) is 0 Å². The van der Waals surface area contributed by atoms with Crippen molar-refractivity contribution >= 4 is 21.6 Å². The molecule has 0 aromatic carbocycles. The molecule has 1 aliphatic carbocycles. The van der Waals surface area contributed by atoms with Crippen LogP contribution >= 0.6 is 11.6 Å². The topological polar surface area (TPSA) is 46.6 Å². The fourth-order valence-electron chi connectivity index (χ4n) is 2.09. The maximum atomic E-state index is 12.3. The summed E-state index contributed by atoms with van der Waals surface area (Å²) in [5, 5.41) is 0. The van der Waals surface area contributed by atoms with E-state index < -0.39 is 10.0 Å². The number of rotatable bonds is 10. The highest BCUT2D eigenvalue weighted by Crippen LogP contribution is 2.36. The van der Waals surface area contributed by atoms with Crippen molar-refractivity contribution in [3.63, 3.8) is 0 Å². The Hall–Kier alpha value is 0.160. The standard InChI is InChI=1S/C12H24ClNO3S/c1-11(12-5-6-12)14(8-9-17-2)18(15,16)10-4-3-7-13/h11-12H,3-10H2,1-2H3. The Morgan fingerprint density at radius 1 is 1.39 bits per heavy atom. The first-order valence-corrected chi connectivity index (χ1v) is 8.71. The zero-order valence-corrected chi connectivity index (χ0v) is 12.8. The molecule has 108 valence electrons. The van der Waals surface area contributed by atoms with Gasteiger partial charge in [-0.2, -0.15) is 4.31 Å². The van der Waals surface area contributed by atoms with Gasteiger partial charge in [0.1, 0.15) is 0 Å². The van der Waals surface area contributed by atoms with Crippen LogP contribution in [0.1, 0.15) is 32.6 Å². The summed E-state index contributed by atoms with van der Waals surface area (Å²) in [6.07, 6.45) is 3.66. The van der Waals surface area contributed by atoms with Crippen molar-refractivity contribution < 1.29 is 13.2 Å². The van der Waals surface area contributed by atoms with E-state index in [2.05, 4.69) is 0 Å². The van der Waals surface area contributed by atoms with E-state index in [0.29, 0.717) is 31.4 Å². The lowest BCUT2D eigenvalue weighted by atomic mass is 10.2. The molecule has 0 bridgehead atoms. The molecule has 4 nitrogen and oxygen atoms in total. The summed E-state index contributed by atoms with van der Waals surface area (Å²) in [5.41, 5.74) is 0. The van der Waals surface area contributed by atoms with Gasteiger partial charge < -0.3 is 4.74 Å². The molecule has 1 rings (SSSR count). The van der Waals surface area contributed by atoms with Crippen molar-refractivity contribution in [3.05, 3.63) is 0 Å². The minimum absolute atomic E-state index is 0.0983. The molecule has 0 heterocycles. The zero-order chi connectivity index (χ0) is 13.6. The van der Waals surface area contributed by atoms with Crippen LogP contribution in [0.4, 0.5) is 0 Å². The molecule has 6 heteroatoms. The maximum Gasteiger partial charge on any atom is 0.214 e. The summed E-state index contributed by atoms with van der Waals surface area (Å²) in [4.78, 5) is 0. The van der Waals surface area contributed by atoms with Crippen molar-refractivity contribution in [1.29, 1.82) is 0 Å². The van der Waals surface area contributed by atoms with Crippen LogP contribution in [-0.2, 0) is 14.8 Å². The van der Waals surface area contributed by atoms with Gasteiger partial charge in [0.05, 0.1) is 12.4 Å². The second-order valence-corrected chi connectivity index (χ2v) is 7.31. The number of hydrogen-bond donors (Lipinski definition) is 0. The summed E-state index contributed by atoms with van der Waals surface area (Å²) in [6, 6.07) is 0.0983. The van der Waals surface area contributed by atoms with Gasteiger partial charge in [-0.1, -0.05) is 0 Å². The number of hydrogen-bond acceptors (Lipinski definition) is 3. The van der Waals surface area contributed by atoms with E-state index in [1.807, 2.05) is 6.92 Å².